The van der Waals surface area contributed by atoms with Gasteiger partial charge in [0.1, 0.15) is 0 Å². The zero-order valence-corrected chi connectivity index (χ0v) is 9.04. The van der Waals surface area contributed by atoms with Crippen molar-refractivity contribution in [2.45, 2.75) is 52.5 Å². The minimum atomic E-state index is 0.271. The van der Waals surface area contributed by atoms with Gasteiger partial charge in [0.15, 0.2) is 0 Å². The summed E-state index contributed by atoms with van der Waals surface area (Å²) in [5, 5.41) is 3.51. The van der Waals surface area contributed by atoms with Crippen LogP contribution in [0.15, 0.2) is 12.2 Å². The number of nitrogens with one attached hydrogen (secondary N) is 1. The van der Waals surface area contributed by atoms with E-state index in [1.165, 1.54) is 18.4 Å². The summed E-state index contributed by atoms with van der Waals surface area (Å²) in [5.41, 5.74) is 1.56. The fraction of sp³-hybridized carbons (Fsp3) is 0.818. The molecule has 0 amide bonds. The Balaban J connectivity index is 3.67. The van der Waals surface area contributed by atoms with Crippen LogP contribution in [0.1, 0.15) is 47.0 Å². The van der Waals surface area contributed by atoms with Crippen LogP contribution in [0.3, 0.4) is 0 Å². The van der Waals surface area contributed by atoms with Crippen molar-refractivity contribution in [1.82, 2.24) is 5.32 Å². The van der Waals surface area contributed by atoms with E-state index in [9.17, 15) is 0 Å². The molecule has 0 aliphatic heterocycles. The van der Waals surface area contributed by atoms with Crippen LogP contribution in [0.4, 0.5) is 0 Å². The second-order valence-electron chi connectivity index (χ2n) is 4.09. The highest BCUT2D eigenvalue weighted by Crippen LogP contribution is 2.11. The van der Waals surface area contributed by atoms with Crippen LogP contribution in [0.25, 0.3) is 0 Å². The Bertz CT molecular complexity index is 136. The third-order valence-electron chi connectivity index (χ3n) is 2.19. The van der Waals surface area contributed by atoms with Crippen molar-refractivity contribution in [3.05, 3.63) is 12.2 Å². The monoisotopic (exact) mass is 169 g/mol. The molecule has 0 atom stereocenters. The first-order valence-corrected chi connectivity index (χ1v) is 4.93. The van der Waals surface area contributed by atoms with Crippen molar-refractivity contribution in [2.75, 3.05) is 6.54 Å². The molecule has 12 heavy (non-hydrogen) atoms. The van der Waals surface area contributed by atoms with Gasteiger partial charge in [-0.25, -0.2) is 0 Å². The van der Waals surface area contributed by atoms with Crippen molar-refractivity contribution in [3.8, 4) is 0 Å². The van der Waals surface area contributed by atoms with Crippen molar-refractivity contribution in [2.24, 2.45) is 0 Å². The van der Waals surface area contributed by atoms with E-state index < -0.39 is 0 Å². The Morgan fingerprint density at radius 3 is 2.33 bits per heavy atom. The molecule has 0 aromatic heterocycles. The lowest BCUT2D eigenvalue weighted by molar-refractivity contribution is 0.371. The highest BCUT2D eigenvalue weighted by atomic mass is 14.9. The van der Waals surface area contributed by atoms with Crippen LogP contribution in [-0.4, -0.2) is 12.1 Å². The van der Waals surface area contributed by atoms with E-state index in [0.717, 1.165) is 13.0 Å². The summed E-state index contributed by atoms with van der Waals surface area (Å²) in [5.74, 6) is 0. The van der Waals surface area contributed by atoms with Gasteiger partial charge < -0.3 is 5.32 Å². The van der Waals surface area contributed by atoms with Gasteiger partial charge in [0, 0.05) is 12.1 Å². The molecule has 0 aromatic rings. The van der Waals surface area contributed by atoms with E-state index in [4.69, 9.17) is 0 Å². The first kappa shape index (κ1) is 11.7. The minimum Gasteiger partial charge on any atom is -0.308 e. The molecule has 0 bridgehead atoms. The molecule has 0 heterocycles. The zero-order chi connectivity index (χ0) is 9.61. The summed E-state index contributed by atoms with van der Waals surface area (Å²) in [6, 6.07) is 0. The van der Waals surface area contributed by atoms with Gasteiger partial charge in [-0.2, -0.15) is 0 Å². The third-order valence-corrected chi connectivity index (χ3v) is 2.19. The van der Waals surface area contributed by atoms with Crippen LogP contribution in [0, 0.1) is 0 Å². The molecule has 0 radical (unpaired) electrons. The molecule has 1 nitrogen and oxygen atoms in total. The van der Waals surface area contributed by atoms with Gasteiger partial charge in [-0.05, 0) is 26.7 Å². The lowest BCUT2D eigenvalue weighted by Crippen LogP contribution is -2.39. The highest BCUT2D eigenvalue weighted by Gasteiger charge is 2.14. The van der Waals surface area contributed by atoms with E-state index in [0.29, 0.717) is 0 Å². The van der Waals surface area contributed by atoms with Crippen molar-refractivity contribution in [3.63, 3.8) is 0 Å². The highest BCUT2D eigenvalue weighted by molar-refractivity contribution is 4.97. The van der Waals surface area contributed by atoms with Gasteiger partial charge in [0.25, 0.3) is 0 Å². The number of rotatable bonds is 6. The SMILES string of the molecule is C=C(CC)CNC(C)(C)CCC. The van der Waals surface area contributed by atoms with Gasteiger partial charge in [0.05, 0.1) is 0 Å². The Morgan fingerprint density at radius 2 is 1.92 bits per heavy atom. The summed E-state index contributed by atoms with van der Waals surface area (Å²) in [6.07, 6.45) is 3.54. The molecule has 0 saturated carbocycles. The Labute approximate surface area is 77.2 Å². The van der Waals surface area contributed by atoms with Gasteiger partial charge in [-0.1, -0.05) is 32.4 Å². The average Bonchev–Trinajstić information content (AvgIpc) is 2.00. The topological polar surface area (TPSA) is 12.0 Å². The van der Waals surface area contributed by atoms with E-state index in [2.05, 4.69) is 39.6 Å². The predicted molar refractivity (Wildman–Crippen MR) is 56.4 cm³/mol. The first-order chi connectivity index (χ1) is 5.52. The first-order valence-electron chi connectivity index (χ1n) is 4.93. The van der Waals surface area contributed by atoms with Crippen LogP contribution in [0.2, 0.25) is 0 Å². The largest absolute Gasteiger partial charge is 0.308 e. The Kier molecular flexibility index (Phi) is 5.23. The number of hydrogen-bond acceptors (Lipinski definition) is 1. The summed E-state index contributed by atoms with van der Waals surface area (Å²) >= 11 is 0. The summed E-state index contributed by atoms with van der Waals surface area (Å²) < 4.78 is 0. The average molecular weight is 169 g/mol. The summed E-state index contributed by atoms with van der Waals surface area (Å²) in [4.78, 5) is 0. The smallest absolute Gasteiger partial charge is 0.0166 e. The van der Waals surface area contributed by atoms with E-state index in [-0.39, 0.29) is 5.54 Å². The third kappa shape index (κ3) is 5.36. The Hall–Kier alpha value is -0.300. The summed E-state index contributed by atoms with van der Waals surface area (Å²) in [6.45, 7) is 13.8. The molecule has 0 unspecified atom stereocenters. The second-order valence-corrected chi connectivity index (χ2v) is 4.09. The molecular formula is C11H23N. The molecule has 0 saturated heterocycles. The molecule has 72 valence electrons. The maximum absolute atomic E-state index is 3.97. The second kappa shape index (κ2) is 5.36. The molecule has 0 rings (SSSR count). The molecular weight excluding hydrogens is 146 g/mol. The van der Waals surface area contributed by atoms with Crippen LogP contribution in [0.5, 0.6) is 0 Å². The van der Waals surface area contributed by atoms with Crippen molar-refractivity contribution >= 4 is 0 Å². The quantitative estimate of drug-likeness (QED) is 0.602. The molecule has 1 heteroatoms. The maximum Gasteiger partial charge on any atom is 0.0166 e. The van der Waals surface area contributed by atoms with Crippen LogP contribution in [-0.2, 0) is 0 Å². The van der Waals surface area contributed by atoms with Gasteiger partial charge in [0.2, 0.25) is 0 Å². The van der Waals surface area contributed by atoms with Crippen LogP contribution >= 0.6 is 0 Å². The van der Waals surface area contributed by atoms with E-state index in [1.807, 2.05) is 0 Å². The lowest BCUT2D eigenvalue weighted by atomic mass is 9.98. The molecule has 0 aliphatic rings. The van der Waals surface area contributed by atoms with Gasteiger partial charge in [-0.15, -0.1) is 0 Å². The molecule has 0 aliphatic carbocycles. The van der Waals surface area contributed by atoms with E-state index >= 15 is 0 Å². The maximum atomic E-state index is 3.97. The normalized spacial score (nSPS) is 11.7. The zero-order valence-electron chi connectivity index (χ0n) is 9.04. The lowest BCUT2D eigenvalue weighted by Gasteiger charge is -2.26. The minimum absolute atomic E-state index is 0.271. The molecule has 0 spiro atoms. The number of hydrogen-bond donors (Lipinski definition) is 1. The van der Waals surface area contributed by atoms with Crippen molar-refractivity contribution < 1.29 is 0 Å². The van der Waals surface area contributed by atoms with Crippen LogP contribution < -0.4 is 5.32 Å². The Morgan fingerprint density at radius 1 is 1.33 bits per heavy atom. The standard InChI is InChI=1S/C11H23N/c1-6-8-11(4,5)12-9-10(3)7-2/h12H,3,6-9H2,1-2,4-5H3. The fourth-order valence-electron chi connectivity index (χ4n) is 1.20. The predicted octanol–water partition coefficient (Wildman–Crippen LogP) is 3.12. The summed E-state index contributed by atoms with van der Waals surface area (Å²) in [7, 11) is 0. The van der Waals surface area contributed by atoms with Gasteiger partial charge >= 0.3 is 0 Å². The molecule has 0 fully saturated rings. The van der Waals surface area contributed by atoms with E-state index in [1.54, 1.807) is 0 Å². The van der Waals surface area contributed by atoms with Gasteiger partial charge in [-0.3, -0.25) is 0 Å². The molecule has 1 N–H and O–H groups in total. The fourth-order valence-corrected chi connectivity index (χ4v) is 1.20. The van der Waals surface area contributed by atoms with Crippen molar-refractivity contribution in [1.29, 1.82) is 0 Å². The molecule has 0 aromatic carbocycles.